The molecule has 5 rings (SSSR count). The van der Waals surface area contributed by atoms with Gasteiger partial charge in [0.1, 0.15) is 6.04 Å². The van der Waals surface area contributed by atoms with E-state index in [0.29, 0.717) is 11.8 Å². The number of rotatable bonds is 2. The average Bonchev–Trinajstić information content (AvgIpc) is 3.38. The fourth-order valence-corrected chi connectivity index (χ4v) is 5.08. The summed E-state index contributed by atoms with van der Waals surface area (Å²) in [6.45, 7) is 4.23. The fourth-order valence-electron chi connectivity index (χ4n) is 5.08. The number of aromatic nitrogens is 2. The fraction of sp³-hybridized carbons (Fsp3) is 0.550. The van der Waals surface area contributed by atoms with Gasteiger partial charge in [-0.15, -0.1) is 0 Å². The van der Waals surface area contributed by atoms with Gasteiger partial charge in [-0.25, -0.2) is 4.79 Å². The Morgan fingerprint density at radius 1 is 1.14 bits per heavy atom. The number of carbonyl (C=O) groups is 2. The van der Waals surface area contributed by atoms with Crippen LogP contribution in [0.15, 0.2) is 23.0 Å². The van der Waals surface area contributed by atoms with Gasteiger partial charge in [0.05, 0.1) is 11.0 Å². The Kier molecular flexibility index (Phi) is 3.87. The van der Waals surface area contributed by atoms with Crippen LogP contribution in [0.4, 0.5) is 5.69 Å². The number of hydrogen-bond donors (Lipinski definition) is 2. The SMILES string of the molecule is Cn1c(=O)n(C2CCC(=O)NC2=O)c2ccc(N3CCC4(CCNC4)C3)cc21. The molecule has 8 nitrogen and oxygen atoms in total. The highest BCUT2D eigenvalue weighted by molar-refractivity contribution is 6.00. The molecule has 3 saturated heterocycles. The number of benzene rings is 1. The quantitative estimate of drug-likeness (QED) is 0.738. The predicted molar refractivity (Wildman–Crippen MR) is 105 cm³/mol. The molecule has 1 spiro atoms. The zero-order valence-corrected chi connectivity index (χ0v) is 16.0. The Hall–Kier alpha value is -2.61. The van der Waals surface area contributed by atoms with E-state index in [-0.39, 0.29) is 18.0 Å². The molecule has 2 atom stereocenters. The van der Waals surface area contributed by atoms with E-state index in [9.17, 15) is 14.4 Å². The minimum Gasteiger partial charge on any atom is -0.371 e. The lowest BCUT2D eigenvalue weighted by atomic mass is 9.86. The van der Waals surface area contributed by atoms with Crippen molar-refractivity contribution in [3.8, 4) is 0 Å². The minimum atomic E-state index is -0.639. The maximum absolute atomic E-state index is 12.9. The molecule has 2 unspecified atom stereocenters. The molecule has 2 amide bonds. The van der Waals surface area contributed by atoms with Gasteiger partial charge in [-0.05, 0) is 44.0 Å². The molecule has 8 heteroatoms. The van der Waals surface area contributed by atoms with Gasteiger partial charge in [0, 0.05) is 44.2 Å². The van der Waals surface area contributed by atoms with Crippen LogP contribution in [0.1, 0.15) is 31.7 Å². The smallest absolute Gasteiger partial charge is 0.329 e. The maximum atomic E-state index is 12.9. The van der Waals surface area contributed by atoms with Gasteiger partial charge < -0.3 is 10.2 Å². The zero-order chi connectivity index (χ0) is 19.5. The Bertz CT molecular complexity index is 1030. The first-order chi connectivity index (χ1) is 13.5. The van der Waals surface area contributed by atoms with Crippen LogP contribution >= 0.6 is 0 Å². The topological polar surface area (TPSA) is 88.4 Å². The second-order valence-corrected chi connectivity index (χ2v) is 8.45. The predicted octanol–water partition coefficient (Wildman–Crippen LogP) is 0.508. The first-order valence-electron chi connectivity index (χ1n) is 9.98. The van der Waals surface area contributed by atoms with Crippen LogP contribution in [0.2, 0.25) is 0 Å². The molecule has 28 heavy (non-hydrogen) atoms. The standard InChI is InChI=1S/C20H25N5O3/c1-23-16-10-13(24-9-7-20(12-24)6-8-21-11-20)2-3-14(16)25(19(23)28)15-4-5-17(26)22-18(15)27/h2-3,10,15,21H,4-9,11-12H2,1H3,(H,22,26,27). The van der Waals surface area contributed by atoms with Crippen LogP contribution < -0.4 is 21.2 Å². The number of nitrogens with zero attached hydrogens (tertiary/aromatic N) is 3. The molecule has 3 aliphatic heterocycles. The summed E-state index contributed by atoms with van der Waals surface area (Å²) in [5.41, 5.74) is 2.83. The average molecular weight is 383 g/mol. The first-order valence-corrected chi connectivity index (χ1v) is 9.98. The second kappa shape index (κ2) is 6.20. The highest BCUT2D eigenvalue weighted by atomic mass is 16.2. The Morgan fingerprint density at radius 3 is 2.75 bits per heavy atom. The lowest BCUT2D eigenvalue weighted by Gasteiger charge is -2.24. The van der Waals surface area contributed by atoms with Crippen LogP contribution in [0, 0.1) is 5.41 Å². The van der Waals surface area contributed by atoms with Gasteiger partial charge in [0.25, 0.3) is 0 Å². The number of aryl methyl sites for hydroxylation is 1. The molecule has 0 saturated carbocycles. The third kappa shape index (κ3) is 2.58. The van der Waals surface area contributed by atoms with Crippen LogP contribution in [0.5, 0.6) is 0 Å². The molecule has 0 aliphatic carbocycles. The van der Waals surface area contributed by atoms with Crippen molar-refractivity contribution in [3.63, 3.8) is 0 Å². The van der Waals surface area contributed by atoms with Gasteiger partial charge in [-0.2, -0.15) is 0 Å². The molecule has 0 bridgehead atoms. The lowest BCUT2D eigenvalue weighted by molar-refractivity contribution is -0.135. The minimum absolute atomic E-state index is 0.223. The number of carbonyl (C=O) groups excluding carboxylic acids is 2. The van der Waals surface area contributed by atoms with E-state index in [1.165, 1.54) is 17.4 Å². The molecule has 3 aliphatic rings. The number of imide groups is 1. The molecule has 148 valence electrons. The number of amides is 2. The van der Waals surface area contributed by atoms with E-state index in [1.807, 2.05) is 12.1 Å². The highest BCUT2D eigenvalue weighted by Gasteiger charge is 2.40. The van der Waals surface area contributed by atoms with Crippen molar-refractivity contribution in [2.75, 3.05) is 31.1 Å². The summed E-state index contributed by atoms with van der Waals surface area (Å²) in [5, 5.41) is 5.83. The van der Waals surface area contributed by atoms with E-state index in [1.54, 1.807) is 11.6 Å². The number of hydrogen-bond acceptors (Lipinski definition) is 5. The summed E-state index contributed by atoms with van der Waals surface area (Å²) in [6, 6.07) is 5.40. The largest absolute Gasteiger partial charge is 0.371 e. The van der Waals surface area contributed by atoms with Crippen LogP contribution in [-0.2, 0) is 16.6 Å². The summed E-state index contributed by atoms with van der Waals surface area (Å²) in [5.74, 6) is -0.675. The number of nitrogens with one attached hydrogen (secondary N) is 2. The van der Waals surface area contributed by atoms with Crippen molar-refractivity contribution in [1.82, 2.24) is 19.8 Å². The summed E-state index contributed by atoms with van der Waals surface area (Å²) >= 11 is 0. The molecule has 1 aromatic heterocycles. The van der Waals surface area contributed by atoms with Gasteiger partial charge in [0.2, 0.25) is 11.8 Å². The molecule has 0 radical (unpaired) electrons. The first kappa shape index (κ1) is 17.5. The normalized spacial score (nSPS) is 27.9. The maximum Gasteiger partial charge on any atom is 0.329 e. The van der Waals surface area contributed by atoms with Gasteiger partial charge in [0.15, 0.2) is 0 Å². The van der Waals surface area contributed by atoms with E-state index < -0.39 is 11.9 Å². The van der Waals surface area contributed by atoms with Gasteiger partial charge in [-0.1, -0.05) is 0 Å². The molecular weight excluding hydrogens is 358 g/mol. The van der Waals surface area contributed by atoms with Crippen molar-refractivity contribution < 1.29 is 9.59 Å². The molecule has 4 heterocycles. The van der Waals surface area contributed by atoms with Crippen LogP contribution in [0.3, 0.4) is 0 Å². The van der Waals surface area contributed by atoms with Gasteiger partial charge >= 0.3 is 5.69 Å². The van der Waals surface area contributed by atoms with E-state index >= 15 is 0 Å². The van der Waals surface area contributed by atoms with Crippen molar-refractivity contribution in [2.24, 2.45) is 12.5 Å². The lowest BCUT2D eigenvalue weighted by Crippen LogP contribution is -2.44. The number of anilines is 1. The van der Waals surface area contributed by atoms with E-state index in [4.69, 9.17) is 0 Å². The molecular formula is C20H25N5O3. The summed E-state index contributed by atoms with van der Waals surface area (Å²) < 4.78 is 3.14. The molecule has 2 N–H and O–H groups in total. The van der Waals surface area contributed by atoms with Gasteiger partial charge in [-0.3, -0.25) is 24.0 Å². The number of fused-ring (bicyclic) bond motifs is 1. The van der Waals surface area contributed by atoms with Crippen molar-refractivity contribution in [3.05, 3.63) is 28.7 Å². The number of piperidine rings is 1. The Balaban J connectivity index is 1.51. The Morgan fingerprint density at radius 2 is 2.00 bits per heavy atom. The second-order valence-electron chi connectivity index (χ2n) is 8.45. The zero-order valence-electron chi connectivity index (χ0n) is 16.0. The van der Waals surface area contributed by atoms with Crippen molar-refractivity contribution >= 4 is 28.5 Å². The van der Waals surface area contributed by atoms with E-state index in [2.05, 4.69) is 21.6 Å². The van der Waals surface area contributed by atoms with Crippen molar-refractivity contribution in [2.45, 2.75) is 31.7 Å². The third-order valence-corrected chi connectivity index (χ3v) is 6.73. The monoisotopic (exact) mass is 383 g/mol. The molecule has 2 aromatic rings. The van der Waals surface area contributed by atoms with Crippen LogP contribution in [0.25, 0.3) is 11.0 Å². The van der Waals surface area contributed by atoms with Crippen molar-refractivity contribution in [1.29, 1.82) is 0 Å². The summed E-state index contributed by atoms with van der Waals surface area (Å²) in [4.78, 5) is 39.1. The number of imidazole rings is 1. The third-order valence-electron chi connectivity index (χ3n) is 6.73. The summed E-state index contributed by atoms with van der Waals surface area (Å²) in [7, 11) is 1.74. The Labute approximate surface area is 162 Å². The summed E-state index contributed by atoms with van der Waals surface area (Å²) in [6.07, 6.45) is 3.01. The van der Waals surface area contributed by atoms with E-state index in [0.717, 1.165) is 42.9 Å². The molecule has 3 fully saturated rings. The van der Waals surface area contributed by atoms with Crippen LogP contribution in [-0.4, -0.2) is 47.1 Å². The highest BCUT2D eigenvalue weighted by Crippen LogP contribution is 2.38. The molecule has 1 aromatic carbocycles.